The molecule has 1 aliphatic carbocycles. The zero-order valence-electron chi connectivity index (χ0n) is 32.9. The summed E-state index contributed by atoms with van der Waals surface area (Å²) in [6.45, 7) is 0. The van der Waals surface area contributed by atoms with Crippen molar-refractivity contribution in [3.05, 3.63) is 218 Å². The predicted molar refractivity (Wildman–Crippen MR) is 258 cm³/mol. The maximum absolute atomic E-state index is 2.43. The molecule has 9 aromatic carbocycles. The van der Waals surface area contributed by atoms with Gasteiger partial charge < -0.3 is 14.4 Å². The fourth-order valence-electron chi connectivity index (χ4n) is 9.41. The lowest BCUT2D eigenvalue weighted by atomic mass is 9.97. The van der Waals surface area contributed by atoms with Crippen LogP contribution in [0.4, 0.5) is 28.4 Å². The molecule has 2 heterocycles. The maximum atomic E-state index is 2.43. The lowest BCUT2D eigenvalue weighted by Gasteiger charge is -2.30. The number of hydrogen-bond donors (Lipinski definition) is 0. The van der Waals surface area contributed by atoms with Gasteiger partial charge >= 0.3 is 0 Å². The van der Waals surface area contributed by atoms with Crippen LogP contribution < -0.4 is 9.80 Å². The van der Waals surface area contributed by atoms with Crippen molar-refractivity contribution in [1.82, 2.24) is 4.57 Å². The first-order chi connectivity index (χ1) is 29.8. The van der Waals surface area contributed by atoms with Gasteiger partial charge in [-0.15, -0.1) is 11.3 Å². The summed E-state index contributed by atoms with van der Waals surface area (Å²) in [5.74, 6) is 0. The molecule has 0 N–H and O–H groups in total. The molecule has 12 rings (SSSR count). The normalized spacial score (nSPS) is 12.9. The maximum Gasteiger partial charge on any atom is 0.0555 e. The van der Waals surface area contributed by atoms with Crippen LogP contribution in [-0.2, 0) is 0 Å². The number of allylic oxidation sites excluding steroid dienone is 3. The zero-order chi connectivity index (χ0) is 39.6. The monoisotopic (exact) mass is 785 g/mol. The average molecular weight is 786 g/mol. The van der Waals surface area contributed by atoms with Crippen molar-refractivity contribution in [1.29, 1.82) is 0 Å². The van der Waals surface area contributed by atoms with Gasteiger partial charge in [0, 0.05) is 70.5 Å². The van der Waals surface area contributed by atoms with E-state index in [0.29, 0.717) is 0 Å². The fraction of sp³-hybridized carbons (Fsp3) is 0.0357. The van der Waals surface area contributed by atoms with Crippen LogP contribution >= 0.6 is 11.3 Å². The molecule has 0 fully saturated rings. The van der Waals surface area contributed by atoms with Crippen molar-refractivity contribution < 1.29 is 0 Å². The number of nitrogens with zero attached hydrogens (tertiary/aromatic N) is 3. The summed E-state index contributed by atoms with van der Waals surface area (Å²) in [5, 5.41) is 9.98. The van der Waals surface area contributed by atoms with Crippen LogP contribution in [0, 0.1) is 0 Å². The molecule has 0 radical (unpaired) electrons. The van der Waals surface area contributed by atoms with E-state index in [1.165, 1.54) is 74.9 Å². The van der Waals surface area contributed by atoms with Gasteiger partial charge in [-0.25, -0.2) is 0 Å². The van der Waals surface area contributed by atoms with E-state index in [0.717, 1.165) is 41.3 Å². The number of anilines is 5. The summed E-state index contributed by atoms with van der Waals surface area (Å²) in [4.78, 5) is 4.86. The standard InChI is InChI=1S/C56H39N3S/c1-5-18-39(19-6-1)57(43-29-31-46-48(34-43)45-26-14-13-17-38(45)33-53(46)58(40-20-7-2-8-21-40)41-22-9-3-10-23-41)44-30-32-52-49(35-44)50-36-51-47-27-15-16-28-55(47)60-56(51)37-54(50)59(52)42-24-11-4-12-25-42/h1-2,4-9,11-37H,3,10H2. The highest BCUT2D eigenvalue weighted by atomic mass is 32.1. The highest BCUT2D eigenvalue weighted by Crippen LogP contribution is 2.46. The second kappa shape index (κ2) is 14.2. The van der Waals surface area contributed by atoms with Gasteiger partial charge in [0.1, 0.15) is 0 Å². The first-order valence-electron chi connectivity index (χ1n) is 20.7. The van der Waals surface area contributed by atoms with Gasteiger partial charge in [0.15, 0.2) is 0 Å². The van der Waals surface area contributed by atoms with E-state index >= 15 is 0 Å². The lowest BCUT2D eigenvalue weighted by Crippen LogP contribution is -2.16. The largest absolute Gasteiger partial charge is 0.310 e. The summed E-state index contributed by atoms with van der Waals surface area (Å²) in [6.07, 6.45) is 9.04. The highest BCUT2D eigenvalue weighted by molar-refractivity contribution is 7.25. The molecule has 0 unspecified atom stereocenters. The van der Waals surface area contributed by atoms with Crippen molar-refractivity contribution in [2.45, 2.75) is 12.8 Å². The molecule has 0 bridgehead atoms. The van der Waals surface area contributed by atoms with E-state index < -0.39 is 0 Å². The van der Waals surface area contributed by atoms with Gasteiger partial charge in [-0.2, -0.15) is 0 Å². The molecule has 11 aromatic rings. The average Bonchev–Trinajstić information content (AvgIpc) is 3.84. The molecule has 4 heteroatoms. The molecular weight excluding hydrogens is 747 g/mol. The van der Waals surface area contributed by atoms with Crippen LogP contribution in [0.25, 0.3) is 69.2 Å². The minimum absolute atomic E-state index is 1.03. The molecule has 1 aliphatic rings. The molecule has 0 spiro atoms. The number of fused-ring (bicyclic) bond motifs is 9. The van der Waals surface area contributed by atoms with Gasteiger partial charge in [-0.05, 0) is 126 Å². The quantitative estimate of drug-likeness (QED) is 0.149. The Balaban J connectivity index is 1.10. The minimum atomic E-state index is 1.03. The summed E-state index contributed by atoms with van der Waals surface area (Å²) < 4.78 is 5.06. The molecule has 0 amide bonds. The topological polar surface area (TPSA) is 11.4 Å². The summed E-state index contributed by atoms with van der Waals surface area (Å²) in [6, 6.07) is 71.3. The van der Waals surface area contributed by atoms with E-state index in [-0.39, 0.29) is 0 Å². The summed E-state index contributed by atoms with van der Waals surface area (Å²) >= 11 is 1.87. The number of para-hydroxylation sites is 3. The van der Waals surface area contributed by atoms with Crippen molar-refractivity contribution in [2.75, 3.05) is 9.80 Å². The molecule has 0 saturated carbocycles. The molecule has 284 valence electrons. The summed E-state index contributed by atoms with van der Waals surface area (Å²) in [7, 11) is 0. The Morgan fingerprint density at radius 1 is 0.400 bits per heavy atom. The Bertz CT molecular complexity index is 3490. The highest BCUT2D eigenvalue weighted by Gasteiger charge is 2.22. The van der Waals surface area contributed by atoms with Crippen LogP contribution in [-0.4, -0.2) is 4.57 Å². The number of hydrogen-bond acceptors (Lipinski definition) is 3. The number of rotatable bonds is 7. The lowest BCUT2D eigenvalue weighted by molar-refractivity contribution is 0.998. The molecule has 60 heavy (non-hydrogen) atoms. The Morgan fingerprint density at radius 3 is 1.82 bits per heavy atom. The van der Waals surface area contributed by atoms with Crippen molar-refractivity contribution >= 4 is 103 Å². The van der Waals surface area contributed by atoms with Gasteiger partial charge in [0.05, 0.1) is 16.7 Å². The molecule has 3 nitrogen and oxygen atoms in total. The van der Waals surface area contributed by atoms with Crippen LogP contribution in [0.15, 0.2) is 218 Å². The number of aromatic nitrogens is 1. The zero-order valence-corrected chi connectivity index (χ0v) is 33.7. The Labute approximate surface area is 352 Å². The van der Waals surface area contributed by atoms with Gasteiger partial charge in [-0.3, -0.25) is 0 Å². The van der Waals surface area contributed by atoms with Crippen LogP contribution in [0.3, 0.4) is 0 Å². The molecule has 2 aromatic heterocycles. The molecule has 0 atom stereocenters. The first kappa shape index (κ1) is 34.6. The van der Waals surface area contributed by atoms with Crippen molar-refractivity contribution in [3.8, 4) is 5.69 Å². The van der Waals surface area contributed by atoms with E-state index in [1.54, 1.807) is 0 Å². The van der Waals surface area contributed by atoms with Gasteiger partial charge in [0.25, 0.3) is 0 Å². The third kappa shape index (κ3) is 5.64. The van der Waals surface area contributed by atoms with Crippen LogP contribution in [0.5, 0.6) is 0 Å². The molecular formula is C56H39N3S. The fourth-order valence-corrected chi connectivity index (χ4v) is 10.5. The Morgan fingerprint density at radius 2 is 1.05 bits per heavy atom. The second-order valence-corrected chi connectivity index (χ2v) is 16.7. The smallest absolute Gasteiger partial charge is 0.0555 e. The van der Waals surface area contributed by atoms with Gasteiger partial charge in [0.2, 0.25) is 0 Å². The Kier molecular flexibility index (Phi) is 8.17. The summed E-state index contributed by atoms with van der Waals surface area (Å²) in [5.41, 5.74) is 10.4. The SMILES string of the molecule is C1=CC(N(c2ccccc2)c2cc3ccccc3c3cc(N(c4ccccc4)c4ccc5c(c4)c4cc6c(cc4n5-c4ccccc4)sc4ccccc46)ccc23)=CCC1. The third-order valence-corrected chi connectivity index (χ3v) is 13.2. The second-order valence-electron chi connectivity index (χ2n) is 15.6. The van der Waals surface area contributed by atoms with E-state index in [9.17, 15) is 0 Å². The number of thiophene rings is 1. The van der Waals surface area contributed by atoms with E-state index in [4.69, 9.17) is 0 Å². The Hall–Kier alpha value is -7.40. The third-order valence-electron chi connectivity index (χ3n) is 12.1. The molecule has 0 saturated heterocycles. The van der Waals surface area contributed by atoms with Gasteiger partial charge in [-0.1, -0.05) is 115 Å². The van der Waals surface area contributed by atoms with Crippen molar-refractivity contribution in [3.63, 3.8) is 0 Å². The number of benzene rings is 9. The minimum Gasteiger partial charge on any atom is -0.310 e. The molecule has 0 aliphatic heterocycles. The van der Waals surface area contributed by atoms with Crippen molar-refractivity contribution in [2.24, 2.45) is 0 Å². The van der Waals surface area contributed by atoms with Crippen LogP contribution in [0.2, 0.25) is 0 Å². The van der Waals surface area contributed by atoms with E-state index in [1.807, 2.05) is 11.3 Å². The van der Waals surface area contributed by atoms with Crippen LogP contribution in [0.1, 0.15) is 12.8 Å². The van der Waals surface area contributed by atoms with E-state index in [2.05, 4.69) is 227 Å². The predicted octanol–water partition coefficient (Wildman–Crippen LogP) is 16.3. The first-order valence-corrected chi connectivity index (χ1v) is 21.6.